The van der Waals surface area contributed by atoms with Gasteiger partial charge in [-0.3, -0.25) is 18.9 Å². The maximum Gasteiger partial charge on any atom is 0.490 e. The number of aromatic nitrogens is 4. The molecule has 9 atom stereocenters. The van der Waals surface area contributed by atoms with E-state index in [0.29, 0.717) is 6.42 Å². The van der Waals surface area contributed by atoms with Crippen molar-refractivity contribution in [1.29, 1.82) is 0 Å². The first-order chi connectivity index (χ1) is 17.0. The lowest BCUT2D eigenvalue weighted by Gasteiger charge is -2.56. The zero-order chi connectivity index (χ0) is 27.1. The topological polar surface area (TPSA) is 268 Å². The van der Waals surface area contributed by atoms with Gasteiger partial charge in [0.1, 0.15) is 11.7 Å². The van der Waals surface area contributed by atoms with E-state index in [0.717, 1.165) is 0 Å². The Balaban J connectivity index is 1.42. The van der Waals surface area contributed by atoms with Gasteiger partial charge < -0.3 is 34.8 Å². The number of aromatic amines is 1. The van der Waals surface area contributed by atoms with E-state index in [1.54, 1.807) is 0 Å². The Kier molecular flexibility index (Phi) is 6.40. The van der Waals surface area contributed by atoms with Gasteiger partial charge in [0.2, 0.25) is 5.95 Å². The fraction of sp³-hybridized carbons (Fsp3) is 0.688. The third-order valence-corrected chi connectivity index (χ3v) is 10.8. The number of phosphoric ester groups is 1. The molecule has 1 aliphatic carbocycles. The van der Waals surface area contributed by atoms with Crippen molar-refractivity contribution in [1.82, 2.24) is 19.5 Å². The van der Waals surface area contributed by atoms with Crippen molar-refractivity contribution < 1.29 is 55.9 Å². The number of hydrogen-bond acceptors (Lipinski definition) is 12. The highest BCUT2D eigenvalue weighted by atomic mass is 31.3. The molecular weight excluding hydrogens is 563 g/mol. The average molecular weight is 587 g/mol. The highest BCUT2D eigenvalue weighted by Crippen LogP contribution is 2.68. The predicted molar refractivity (Wildman–Crippen MR) is 120 cm³/mol. The Morgan fingerprint density at radius 3 is 2.59 bits per heavy atom. The van der Waals surface area contributed by atoms with Gasteiger partial charge in [0.25, 0.3) is 5.56 Å². The number of phosphoric acid groups is 3. The largest absolute Gasteiger partial charge is 0.490 e. The fourth-order valence-electron chi connectivity index (χ4n) is 5.46. The van der Waals surface area contributed by atoms with E-state index in [-0.39, 0.29) is 41.0 Å². The second-order valence-electron chi connectivity index (χ2n) is 9.27. The molecule has 2 saturated heterocycles. The van der Waals surface area contributed by atoms with Gasteiger partial charge in [0, 0.05) is 5.92 Å². The Bertz CT molecular complexity index is 1440. The van der Waals surface area contributed by atoms with Crippen LogP contribution in [0.5, 0.6) is 0 Å². The maximum absolute atomic E-state index is 12.3. The van der Waals surface area contributed by atoms with Crippen molar-refractivity contribution in [3.8, 4) is 0 Å². The van der Waals surface area contributed by atoms with Crippen molar-refractivity contribution in [2.24, 2.45) is 17.8 Å². The highest BCUT2D eigenvalue weighted by molar-refractivity contribution is 7.66. The van der Waals surface area contributed by atoms with E-state index in [1.807, 2.05) is 13.8 Å². The SMILES string of the molecule is CC1OC2C(n3cnc4c(=O)[nH]c(N)nc43)OC3(COP(=O)(O)OP(=O)(O)OP(=O)(O)O)CC(C1C)C23. The van der Waals surface area contributed by atoms with Crippen LogP contribution in [0.15, 0.2) is 11.1 Å². The molecule has 2 aliphatic heterocycles. The Morgan fingerprint density at radius 1 is 1.22 bits per heavy atom. The highest BCUT2D eigenvalue weighted by Gasteiger charge is 2.70. The number of fused-ring (bicyclic) bond motifs is 1. The molecule has 0 spiro atoms. The van der Waals surface area contributed by atoms with Gasteiger partial charge >= 0.3 is 23.5 Å². The minimum atomic E-state index is -5.67. The molecule has 4 heterocycles. The number of H-pyrrole nitrogens is 1. The molecule has 0 bridgehead atoms. The summed E-state index contributed by atoms with van der Waals surface area (Å²) in [6.45, 7) is 3.27. The number of nitrogens with zero attached hydrogens (tertiary/aromatic N) is 3. The van der Waals surface area contributed by atoms with Crippen LogP contribution in [-0.4, -0.2) is 63.5 Å². The lowest BCUT2D eigenvalue weighted by molar-refractivity contribution is -0.211. The number of imidazole rings is 1. The van der Waals surface area contributed by atoms with Gasteiger partial charge in [0.05, 0.1) is 19.0 Å². The Hall–Kier alpha value is -1.52. The smallest absolute Gasteiger partial charge is 0.370 e. The van der Waals surface area contributed by atoms with Gasteiger partial charge in [-0.1, -0.05) is 6.92 Å². The molecule has 5 rings (SSSR count). The zero-order valence-corrected chi connectivity index (χ0v) is 21.9. The van der Waals surface area contributed by atoms with Crippen molar-refractivity contribution in [3.05, 3.63) is 16.7 Å². The lowest BCUT2D eigenvalue weighted by Crippen LogP contribution is -2.63. The number of nitrogens with one attached hydrogen (secondary N) is 1. The molecule has 0 radical (unpaired) electrons. The summed E-state index contributed by atoms with van der Waals surface area (Å²) in [4.78, 5) is 59.6. The molecule has 1 saturated carbocycles. The van der Waals surface area contributed by atoms with Crippen molar-refractivity contribution in [2.75, 3.05) is 12.3 Å². The van der Waals surface area contributed by atoms with Crippen LogP contribution in [0.2, 0.25) is 0 Å². The van der Waals surface area contributed by atoms with Crippen LogP contribution in [0.3, 0.4) is 0 Å². The molecule has 3 aliphatic rings. The van der Waals surface area contributed by atoms with Crippen LogP contribution in [-0.2, 0) is 36.3 Å². The Morgan fingerprint density at radius 2 is 1.92 bits per heavy atom. The molecule has 2 aromatic heterocycles. The number of nitrogens with two attached hydrogens (primary N) is 1. The lowest BCUT2D eigenvalue weighted by atomic mass is 9.54. The molecule has 206 valence electrons. The van der Waals surface area contributed by atoms with Crippen LogP contribution >= 0.6 is 23.5 Å². The molecule has 0 aromatic carbocycles. The molecule has 2 aromatic rings. The molecule has 9 unspecified atom stereocenters. The fourth-order valence-corrected chi connectivity index (χ4v) is 8.53. The van der Waals surface area contributed by atoms with Crippen LogP contribution in [0.25, 0.3) is 11.2 Å². The third kappa shape index (κ3) is 4.86. The van der Waals surface area contributed by atoms with Crippen molar-refractivity contribution in [2.45, 2.75) is 44.3 Å². The third-order valence-electron chi connectivity index (χ3n) is 7.04. The average Bonchev–Trinajstić information content (AvgIpc) is 3.22. The summed E-state index contributed by atoms with van der Waals surface area (Å²) < 4.78 is 61.4. The molecule has 0 amide bonds. The number of nitrogen functional groups attached to an aromatic ring is 1. The first-order valence-electron chi connectivity index (χ1n) is 10.8. The summed E-state index contributed by atoms with van der Waals surface area (Å²) in [7, 11) is -16.6. The second kappa shape index (κ2) is 8.74. The van der Waals surface area contributed by atoms with Crippen LogP contribution in [0.4, 0.5) is 5.95 Å². The van der Waals surface area contributed by atoms with Gasteiger partial charge in [-0.15, -0.1) is 0 Å². The van der Waals surface area contributed by atoms with Crippen molar-refractivity contribution in [3.63, 3.8) is 0 Å². The first kappa shape index (κ1) is 27.1. The number of hydrogen-bond donors (Lipinski definition) is 6. The van der Waals surface area contributed by atoms with E-state index < -0.39 is 53.6 Å². The molecule has 37 heavy (non-hydrogen) atoms. The van der Waals surface area contributed by atoms with E-state index in [9.17, 15) is 28.3 Å². The number of anilines is 1. The minimum absolute atomic E-state index is 0.00753. The Labute approximate surface area is 207 Å². The van der Waals surface area contributed by atoms with E-state index >= 15 is 0 Å². The summed E-state index contributed by atoms with van der Waals surface area (Å²) in [5.41, 5.74) is 4.05. The van der Waals surface area contributed by atoms with Crippen LogP contribution < -0.4 is 11.3 Å². The van der Waals surface area contributed by atoms with Crippen molar-refractivity contribution >= 4 is 40.6 Å². The summed E-state index contributed by atoms with van der Waals surface area (Å²) in [6.07, 6.45) is 0.00189. The zero-order valence-electron chi connectivity index (χ0n) is 19.2. The van der Waals surface area contributed by atoms with Crippen LogP contribution in [0.1, 0.15) is 26.5 Å². The number of rotatable bonds is 8. The van der Waals surface area contributed by atoms with Crippen LogP contribution in [0, 0.1) is 17.8 Å². The van der Waals surface area contributed by atoms with Gasteiger partial charge in [-0.2, -0.15) is 13.6 Å². The first-order valence-corrected chi connectivity index (χ1v) is 15.4. The van der Waals surface area contributed by atoms with E-state index in [4.69, 9.17) is 29.5 Å². The normalized spacial score (nSPS) is 36.5. The molecular formula is C16H24N5O13P3. The molecule has 21 heteroatoms. The predicted octanol–water partition coefficient (Wildman–Crippen LogP) is 0.372. The maximum atomic E-state index is 12.3. The standard InChI is InChI=1S/C16H24N5O13P3/c1-6-7(2)31-11-9-8(6)3-16(9,4-30-36(26,27)34-37(28,29)33-35(23,24)25)32-14(11)21-5-18-10-12(21)19-15(17)20-13(10)22/h5-9,11,14H,3-4H2,1-2H3,(H,26,27)(H,28,29)(H2,23,24,25)(H3,17,19,20,22). The summed E-state index contributed by atoms with van der Waals surface area (Å²) in [5, 5.41) is 0. The molecule has 3 fully saturated rings. The summed E-state index contributed by atoms with van der Waals surface area (Å²) in [5.74, 6) is -0.376. The van der Waals surface area contributed by atoms with Gasteiger partial charge in [-0.25, -0.2) is 18.7 Å². The van der Waals surface area contributed by atoms with Gasteiger partial charge in [0.15, 0.2) is 17.4 Å². The summed E-state index contributed by atoms with van der Waals surface area (Å²) in [6, 6.07) is 0. The minimum Gasteiger partial charge on any atom is -0.370 e. The summed E-state index contributed by atoms with van der Waals surface area (Å²) >= 11 is 0. The number of ether oxygens (including phenoxy) is 2. The quantitative estimate of drug-likeness (QED) is 0.228. The molecule has 18 nitrogen and oxygen atoms in total. The second-order valence-corrected chi connectivity index (χ2v) is 13.7. The molecule has 7 N–H and O–H groups in total. The van der Waals surface area contributed by atoms with Gasteiger partial charge in [-0.05, 0) is 25.2 Å². The van der Waals surface area contributed by atoms with E-state index in [2.05, 4.69) is 23.6 Å². The monoisotopic (exact) mass is 587 g/mol. The van der Waals surface area contributed by atoms with E-state index in [1.165, 1.54) is 10.9 Å².